The van der Waals surface area contributed by atoms with E-state index in [1.165, 1.54) is 83.1 Å². The van der Waals surface area contributed by atoms with Crippen molar-refractivity contribution < 1.29 is 38.2 Å². The van der Waals surface area contributed by atoms with E-state index in [1.807, 2.05) is 6.08 Å². The van der Waals surface area contributed by atoms with Gasteiger partial charge in [-0.3, -0.25) is 14.3 Å². The molecular formula is C25H48NO8P. The number of esters is 1. The van der Waals surface area contributed by atoms with Gasteiger partial charge in [-0.25, -0.2) is 14.2 Å². The predicted octanol–water partition coefficient (Wildman–Crippen LogP) is 6.07. The van der Waals surface area contributed by atoms with E-state index in [1.54, 1.807) is 12.2 Å². The third kappa shape index (κ3) is 24.4. The monoisotopic (exact) mass is 521 g/mol. The summed E-state index contributed by atoms with van der Waals surface area (Å²) < 4.78 is 25.9. The van der Waals surface area contributed by atoms with Gasteiger partial charge < -0.3 is 15.4 Å². The molecule has 35 heavy (non-hydrogen) atoms. The number of phosphoric acid groups is 1. The maximum atomic E-state index is 11.9. The molecule has 206 valence electrons. The van der Waals surface area contributed by atoms with Gasteiger partial charge in [0.05, 0.1) is 13.2 Å². The lowest BCUT2D eigenvalue weighted by molar-refractivity contribution is -0.260. The fourth-order valence-corrected chi connectivity index (χ4v) is 4.14. The van der Waals surface area contributed by atoms with Gasteiger partial charge in [-0.2, -0.15) is 0 Å². The first-order valence-corrected chi connectivity index (χ1v) is 14.6. The van der Waals surface area contributed by atoms with Crippen LogP contribution in [0.2, 0.25) is 0 Å². The highest BCUT2D eigenvalue weighted by Crippen LogP contribution is 2.43. The molecule has 0 aliphatic carbocycles. The molecule has 0 saturated carbocycles. The number of carbonyl (C=O) groups is 1. The Hall–Kier alpha value is -1.06. The van der Waals surface area contributed by atoms with E-state index in [9.17, 15) is 14.3 Å². The molecule has 9 nitrogen and oxygen atoms in total. The van der Waals surface area contributed by atoms with Gasteiger partial charge in [-0.05, 0) is 12.8 Å². The summed E-state index contributed by atoms with van der Waals surface area (Å²) in [7, 11) is -4.32. The van der Waals surface area contributed by atoms with Crippen molar-refractivity contribution in [2.45, 2.75) is 103 Å². The third-order valence-electron chi connectivity index (χ3n) is 5.29. The average molecular weight is 522 g/mol. The molecule has 1 unspecified atom stereocenters. The minimum absolute atomic E-state index is 0.0454. The Morgan fingerprint density at radius 1 is 0.886 bits per heavy atom. The summed E-state index contributed by atoms with van der Waals surface area (Å²) >= 11 is 0. The molecule has 10 heteroatoms. The van der Waals surface area contributed by atoms with E-state index in [2.05, 4.69) is 16.3 Å². The Morgan fingerprint density at radius 2 is 1.46 bits per heavy atom. The fraction of sp³-hybridized carbons (Fsp3) is 0.800. The second-order valence-electron chi connectivity index (χ2n) is 8.56. The number of hydrogen-bond donors (Lipinski definition) is 3. The molecule has 0 spiro atoms. The molecule has 4 N–H and O–H groups in total. The average Bonchev–Trinajstić information content (AvgIpc) is 2.83. The number of rotatable bonds is 25. The summed E-state index contributed by atoms with van der Waals surface area (Å²) in [5.74, 6) is -0.697. The SMILES string of the molecule is CCCCCCCCCCCCCCCC=CC=CC(=O)O[C@H](COO)COP(=O)(O)OCCN. The Bertz CT molecular complexity index is 600. The van der Waals surface area contributed by atoms with Gasteiger partial charge in [-0.15, -0.1) is 0 Å². The smallest absolute Gasteiger partial charge is 0.454 e. The molecular weight excluding hydrogens is 473 g/mol. The zero-order valence-corrected chi connectivity index (χ0v) is 22.4. The molecule has 0 heterocycles. The standard InChI is InChI=1S/C25H48NO8P/c1-2-3-4-5-6-7-8-9-10-11-12-13-14-15-16-17-18-19-25(27)34-24(22-31-28)23-33-35(29,30)32-21-20-26/h16-19,24,28H,2-15,20-23,26H2,1H3,(H,29,30)/t24-/m1/s1. The molecule has 0 aliphatic rings. The van der Waals surface area contributed by atoms with Crippen LogP contribution in [0.3, 0.4) is 0 Å². The highest BCUT2D eigenvalue weighted by molar-refractivity contribution is 7.47. The Balaban J connectivity index is 3.81. The van der Waals surface area contributed by atoms with Crippen LogP contribution in [0.15, 0.2) is 24.3 Å². The van der Waals surface area contributed by atoms with Crippen molar-refractivity contribution in [1.82, 2.24) is 0 Å². The largest absolute Gasteiger partial charge is 0.472 e. The Labute approximate surface area is 211 Å². The van der Waals surface area contributed by atoms with Crippen LogP contribution in [-0.2, 0) is 28.0 Å². The van der Waals surface area contributed by atoms with Crippen LogP contribution in [0.4, 0.5) is 0 Å². The number of allylic oxidation sites excluding steroid dienone is 3. The van der Waals surface area contributed by atoms with E-state index in [0.29, 0.717) is 0 Å². The predicted molar refractivity (Wildman–Crippen MR) is 138 cm³/mol. The number of ether oxygens (including phenoxy) is 1. The van der Waals surface area contributed by atoms with Gasteiger partial charge in [0.2, 0.25) is 0 Å². The van der Waals surface area contributed by atoms with Gasteiger partial charge in [0.1, 0.15) is 6.61 Å². The number of phosphoric ester groups is 1. The summed E-state index contributed by atoms with van der Waals surface area (Å²) in [6.07, 6.45) is 23.6. The van der Waals surface area contributed by atoms with Crippen molar-refractivity contribution in [3.8, 4) is 0 Å². The van der Waals surface area contributed by atoms with Crippen LogP contribution < -0.4 is 5.73 Å². The van der Waals surface area contributed by atoms with Gasteiger partial charge in [0.15, 0.2) is 6.10 Å². The summed E-state index contributed by atoms with van der Waals surface area (Å²) in [6, 6.07) is 0. The van der Waals surface area contributed by atoms with Gasteiger partial charge in [0, 0.05) is 12.6 Å². The van der Waals surface area contributed by atoms with Crippen molar-refractivity contribution in [3.63, 3.8) is 0 Å². The second kappa shape index (κ2) is 24.6. The molecule has 0 rings (SSSR count). The molecule has 2 atom stereocenters. The normalized spacial score (nSPS) is 14.5. The quantitative estimate of drug-likeness (QED) is 0.0248. The van der Waals surface area contributed by atoms with Crippen LogP contribution in [0, 0.1) is 0 Å². The molecule has 0 aliphatic heterocycles. The van der Waals surface area contributed by atoms with Crippen LogP contribution in [-0.4, -0.2) is 48.6 Å². The maximum Gasteiger partial charge on any atom is 0.472 e. The molecule has 0 radical (unpaired) electrons. The Morgan fingerprint density at radius 3 is 2.00 bits per heavy atom. The van der Waals surface area contributed by atoms with Gasteiger partial charge >= 0.3 is 13.8 Å². The lowest BCUT2D eigenvalue weighted by Crippen LogP contribution is -2.27. The van der Waals surface area contributed by atoms with E-state index in [0.717, 1.165) is 12.8 Å². The van der Waals surface area contributed by atoms with Crippen LogP contribution in [0.1, 0.15) is 96.8 Å². The molecule has 0 amide bonds. The molecule has 0 bridgehead atoms. The van der Waals surface area contributed by atoms with Crippen molar-refractivity contribution in [2.24, 2.45) is 5.73 Å². The van der Waals surface area contributed by atoms with Crippen LogP contribution in [0.25, 0.3) is 0 Å². The van der Waals surface area contributed by atoms with Crippen LogP contribution in [0.5, 0.6) is 0 Å². The molecule has 0 aromatic heterocycles. The lowest BCUT2D eigenvalue weighted by atomic mass is 10.0. The minimum Gasteiger partial charge on any atom is -0.454 e. The first kappa shape index (κ1) is 33.9. The number of carbonyl (C=O) groups excluding carboxylic acids is 1. The van der Waals surface area contributed by atoms with Crippen molar-refractivity contribution >= 4 is 13.8 Å². The zero-order valence-electron chi connectivity index (χ0n) is 21.5. The molecule has 0 fully saturated rings. The Kier molecular flexibility index (Phi) is 23.9. The summed E-state index contributed by atoms with van der Waals surface area (Å²) in [4.78, 5) is 25.3. The molecule has 0 saturated heterocycles. The van der Waals surface area contributed by atoms with Crippen molar-refractivity contribution in [1.29, 1.82) is 0 Å². The first-order valence-electron chi connectivity index (χ1n) is 13.1. The summed E-state index contributed by atoms with van der Waals surface area (Å²) in [5, 5.41) is 8.60. The van der Waals surface area contributed by atoms with E-state index in [-0.39, 0.29) is 13.2 Å². The topological polar surface area (TPSA) is 138 Å². The number of nitrogens with two attached hydrogens (primary N) is 1. The van der Waals surface area contributed by atoms with Crippen LogP contribution >= 0.6 is 7.82 Å². The fourth-order valence-electron chi connectivity index (χ4n) is 3.37. The first-order chi connectivity index (χ1) is 16.9. The minimum atomic E-state index is -4.32. The van der Waals surface area contributed by atoms with Crippen molar-refractivity contribution in [2.75, 3.05) is 26.4 Å². The third-order valence-corrected chi connectivity index (χ3v) is 6.28. The summed E-state index contributed by atoms with van der Waals surface area (Å²) in [5.41, 5.74) is 5.19. The van der Waals surface area contributed by atoms with Gasteiger partial charge in [0.25, 0.3) is 0 Å². The number of hydrogen-bond acceptors (Lipinski definition) is 8. The maximum absolute atomic E-state index is 11.9. The molecule has 0 aromatic rings. The highest BCUT2D eigenvalue weighted by atomic mass is 31.2. The van der Waals surface area contributed by atoms with Gasteiger partial charge in [-0.1, -0.05) is 102 Å². The van der Waals surface area contributed by atoms with E-state index < -0.39 is 33.1 Å². The molecule has 0 aromatic carbocycles. The summed E-state index contributed by atoms with van der Waals surface area (Å²) in [6.45, 7) is 1.22. The highest BCUT2D eigenvalue weighted by Gasteiger charge is 2.24. The second-order valence-corrected chi connectivity index (χ2v) is 10.0. The van der Waals surface area contributed by atoms with E-state index >= 15 is 0 Å². The zero-order chi connectivity index (χ0) is 26.0. The number of unbranched alkanes of at least 4 members (excludes halogenated alkanes) is 13. The lowest BCUT2D eigenvalue weighted by Gasteiger charge is -2.17. The van der Waals surface area contributed by atoms with E-state index in [4.69, 9.17) is 20.3 Å². The van der Waals surface area contributed by atoms with Crippen molar-refractivity contribution in [3.05, 3.63) is 24.3 Å².